The van der Waals surface area contributed by atoms with Crippen molar-refractivity contribution in [2.45, 2.75) is 63.5 Å². The number of nitrogens with one attached hydrogen (secondary N) is 2. The Morgan fingerprint density at radius 1 is 1.12 bits per heavy atom. The van der Waals surface area contributed by atoms with E-state index in [0.29, 0.717) is 5.56 Å². The Hall–Kier alpha value is -1.47. The van der Waals surface area contributed by atoms with Crippen LogP contribution in [0.1, 0.15) is 63.0 Å². The van der Waals surface area contributed by atoms with Crippen molar-refractivity contribution in [3.8, 4) is 0 Å². The van der Waals surface area contributed by atoms with Gasteiger partial charge in [-0.2, -0.15) is 0 Å². The van der Waals surface area contributed by atoms with E-state index in [1.165, 1.54) is 43.5 Å². The average molecular weight is 370 g/mol. The van der Waals surface area contributed by atoms with E-state index in [1.54, 1.807) is 0 Å². The Morgan fingerprint density at radius 3 is 2.24 bits per heavy atom. The Labute approximate surface area is 149 Å². The first kappa shape index (κ1) is 19.8. The molecule has 1 saturated carbocycles. The molecule has 7 heteroatoms. The van der Waals surface area contributed by atoms with Gasteiger partial charge in [-0.05, 0) is 30.5 Å². The summed E-state index contributed by atoms with van der Waals surface area (Å²) in [6, 6.07) is 4.98. The Bertz CT molecular complexity index is 653. The molecule has 0 unspecified atom stereocenters. The molecule has 1 aliphatic carbocycles. The van der Waals surface area contributed by atoms with Crippen molar-refractivity contribution in [3.05, 3.63) is 35.6 Å². The zero-order valence-electron chi connectivity index (χ0n) is 14.6. The molecular formula is C18H27FN2O3S. The van der Waals surface area contributed by atoms with Crippen molar-refractivity contribution in [1.82, 2.24) is 10.0 Å². The third kappa shape index (κ3) is 7.52. The highest BCUT2D eigenvalue weighted by Gasteiger charge is 2.22. The van der Waals surface area contributed by atoms with E-state index in [9.17, 15) is 17.6 Å². The molecule has 25 heavy (non-hydrogen) atoms. The van der Waals surface area contributed by atoms with Crippen molar-refractivity contribution in [3.63, 3.8) is 0 Å². The van der Waals surface area contributed by atoms with Crippen LogP contribution in [0.2, 0.25) is 0 Å². The zero-order chi connectivity index (χ0) is 18.3. The third-order valence-electron chi connectivity index (χ3n) is 4.49. The SMILES string of the molecule is CS(=O)(=O)N[C@@H](CC(=O)NC1CCCCCCC1)c1ccc(F)cc1. The summed E-state index contributed by atoms with van der Waals surface area (Å²) in [5, 5.41) is 3.04. The van der Waals surface area contributed by atoms with E-state index in [2.05, 4.69) is 10.0 Å². The second-order valence-electron chi connectivity index (χ2n) is 6.81. The van der Waals surface area contributed by atoms with Gasteiger partial charge in [0.25, 0.3) is 0 Å². The second-order valence-corrected chi connectivity index (χ2v) is 8.59. The van der Waals surface area contributed by atoms with E-state index in [-0.39, 0.29) is 18.4 Å². The van der Waals surface area contributed by atoms with Gasteiger partial charge in [-0.15, -0.1) is 0 Å². The fraction of sp³-hybridized carbons (Fsp3) is 0.611. The molecule has 140 valence electrons. The highest BCUT2D eigenvalue weighted by molar-refractivity contribution is 7.88. The van der Waals surface area contributed by atoms with Gasteiger partial charge in [-0.3, -0.25) is 4.79 Å². The first-order valence-electron chi connectivity index (χ1n) is 8.85. The molecule has 0 aromatic heterocycles. The van der Waals surface area contributed by atoms with Gasteiger partial charge in [0, 0.05) is 12.5 Å². The van der Waals surface area contributed by atoms with E-state index >= 15 is 0 Å². The standard InChI is InChI=1S/C18H27FN2O3S/c1-25(23,24)21-17(14-9-11-15(19)12-10-14)13-18(22)20-16-7-5-3-2-4-6-8-16/h9-12,16-17,21H,2-8,13H2,1H3,(H,20,22)/t17-/m0/s1. The molecule has 0 bridgehead atoms. The lowest BCUT2D eigenvalue weighted by Crippen LogP contribution is -2.38. The van der Waals surface area contributed by atoms with E-state index in [4.69, 9.17) is 0 Å². The van der Waals surface area contributed by atoms with E-state index in [1.807, 2.05) is 0 Å². The number of hydrogen-bond donors (Lipinski definition) is 2. The van der Waals surface area contributed by atoms with E-state index in [0.717, 1.165) is 31.9 Å². The number of carbonyl (C=O) groups is 1. The van der Waals surface area contributed by atoms with Crippen LogP contribution in [0.5, 0.6) is 0 Å². The Balaban J connectivity index is 2.01. The topological polar surface area (TPSA) is 75.3 Å². The minimum atomic E-state index is -3.49. The third-order valence-corrected chi connectivity index (χ3v) is 5.20. The second kappa shape index (κ2) is 9.29. The van der Waals surface area contributed by atoms with Crippen LogP contribution in [-0.2, 0) is 14.8 Å². The summed E-state index contributed by atoms with van der Waals surface area (Å²) in [7, 11) is -3.49. The molecule has 1 fully saturated rings. The molecule has 0 saturated heterocycles. The van der Waals surface area contributed by atoms with Crippen molar-refractivity contribution in [1.29, 1.82) is 0 Å². The van der Waals surface area contributed by atoms with Gasteiger partial charge in [-0.1, -0.05) is 44.2 Å². The fourth-order valence-corrected chi connectivity index (χ4v) is 3.99. The minimum absolute atomic E-state index is 0.00476. The van der Waals surface area contributed by atoms with Gasteiger partial charge in [0.2, 0.25) is 15.9 Å². The van der Waals surface area contributed by atoms with Crippen molar-refractivity contribution in [2.75, 3.05) is 6.26 Å². The molecule has 2 rings (SSSR count). The van der Waals surface area contributed by atoms with Crippen molar-refractivity contribution >= 4 is 15.9 Å². The lowest BCUT2D eigenvalue weighted by molar-refractivity contribution is -0.122. The molecule has 1 amide bonds. The molecule has 0 heterocycles. The van der Waals surface area contributed by atoms with Crippen LogP contribution < -0.4 is 10.0 Å². The maximum absolute atomic E-state index is 13.1. The molecule has 2 N–H and O–H groups in total. The molecule has 1 aromatic rings. The van der Waals surface area contributed by atoms with Crippen LogP contribution in [0.15, 0.2) is 24.3 Å². The molecule has 0 aliphatic heterocycles. The Morgan fingerprint density at radius 2 is 1.68 bits per heavy atom. The average Bonchev–Trinajstić information content (AvgIpc) is 2.48. The minimum Gasteiger partial charge on any atom is -0.353 e. The number of benzene rings is 1. The molecular weight excluding hydrogens is 343 g/mol. The van der Waals surface area contributed by atoms with Crippen LogP contribution in [0.4, 0.5) is 4.39 Å². The highest BCUT2D eigenvalue weighted by Crippen LogP contribution is 2.20. The van der Waals surface area contributed by atoms with Crippen LogP contribution in [-0.4, -0.2) is 26.6 Å². The van der Waals surface area contributed by atoms with Gasteiger partial charge in [0.05, 0.1) is 12.3 Å². The normalized spacial score (nSPS) is 18.2. The van der Waals surface area contributed by atoms with Crippen LogP contribution in [0.25, 0.3) is 0 Å². The maximum atomic E-state index is 13.1. The van der Waals surface area contributed by atoms with Gasteiger partial charge < -0.3 is 5.32 Å². The molecule has 1 atom stereocenters. The van der Waals surface area contributed by atoms with Gasteiger partial charge in [0.15, 0.2) is 0 Å². The number of sulfonamides is 1. The summed E-state index contributed by atoms with van der Waals surface area (Å²) in [4.78, 5) is 12.4. The monoisotopic (exact) mass is 370 g/mol. The summed E-state index contributed by atoms with van der Waals surface area (Å²) in [6.07, 6.45) is 8.83. The lowest BCUT2D eigenvalue weighted by atomic mass is 9.96. The quantitative estimate of drug-likeness (QED) is 0.808. The lowest BCUT2D eigenvalue weighted by Gasteiger charge is -2.23. The molecule has 0 radical (unpaired) electrons. The summed E-state index contributed by atoms with van der Waals surface area (Å²) >= 11 is 0. The van der Waals surface area contributed by atoms with Crippen molar-refractivity contribution < 1.29 is 17.6 Å². The van der Waals surface area contributed by atoms with Gasteiger partial charge in [-0.25, -0.2) is 17.5 Å². The van der Waals surface area contributed by atoms with E-state index < -0.39 is 21.9 Å². The largest absolute Gasteiger partial charge is 0.353 e. The predicted octanol–water partition coefficient (Wildman–Crippen LogP) is 3.04. The first-order valence-corrected chi connectivity index (χ1v) is 10.7. The number of rotatable bonds is 6. The number of amides is 1. The summed E-state index contributed by atoms with van der Waals surface area (Å²) < 4.78 is 38.8. The summed E-state index contributed by atoms with van der Waals surface area (Å²) in [5.74, 6) is -0.586. The molecule has 0 spiro atoms. The van der Waals surface area contributed by atoms with Gasteiger partial charge >= 0.3 is 0 Å². The predicted molar refractivity (Wildman–Crippen MR) is 96.0 cm³/mol. The summed E-state index contributed by atoms with van der Waals surface area (Å²) in [5.41, 5.74) is 0.569. The smallest absolute Gasteiger partial charge is 0.222 e. The first-order chi connectivity index (χ1) is 11.8. The number of carbonyl (C=O) groups excluding carboxylic acids is 1. The molecule has 1 aromatic carbocycles. The molecule has 5 nitrogen and oxygen atoms in total. The number of hydrogen-bond acceptors (Lipinski definition) is 3. The van der Waals surface area contributed by atoms with Gasteiger partial charge in [0.1, 0.15) is 5.82 Å². The summed E-state index contributed by atoms with van der Waals surface area (Å²) in [6.45, 7) is 0. The zero-order valence-corrected chi connectivity index (χ0v) is 15.4. The highest BCUT2D eigenvalue weighted by atomic mass is 32.2. The maximum Gasteiger partial charge on any atom is 0.222 e. The fourth-order valence-electron chi connectivity index (χ4n) is 3.25. The molecule has 1 aliphatic rings. The van der Waals surface area contributed by atoms with Crippen LogP contribution >= 0.6 is 0 Å². The van der Waals surface area contributed by atoms with Crippen LogP contribution in [0.3, 0.4) is 0 Å². The number of halogens is 1. The Kier molecular flexibility index (Phi) is 7.38. The van der Waals surface area contributed by atoms with Crippen molar-refractivity contribution in [2.24, 2.45) is 0 Å². The van der Waals surface area contributed by atoms with Crippen LogP contribution in [0, 0.1) is 5.82 Å².